The van der Waals surface area contributed by atoms with Crippen molar-refractivity contribution in [3.63, 3.8) is 0 Å². The molecule has 0 atom stereocenters. The second kappa shape index (κ2) is 5.35. The van der Waals surface area contributed by atoms with E-state index in [2.05, 4.69) is 0 Å². The van der Waals surface area contributed by atoms with Crippen LogP contribution in [0.3, 0.4) is 0 Å². The molecule has 0 fully saturated rings. The predicted molar refractivity (Wildman–Crippen MR) is 67.5 cm³/mol. The molecule has 2 N–H and O–H groups in total. The summed E-state index contributed by atoms with van der Waals surface area (Å²) in [6.07, 6.45) is 0. The maximum atomic E-state index is 13.8. The van der Waals surface area contributed by atoms with Crippen LogP contribution in [0, 0.1) is 5.82 Å². The van der Waals surface area contributed by atoms with Crippen molar-refractivity contribution in [1.29, 1.82) is 0 Å². The maximum Gasteiger partial charge on any atom is 0.337 e. The van der Waals surface area contributed by atoms with Gasteiger partial charge in [0.25, 0.3) is 0 Å². The number of para-hydroxylation sites is 1. The van der Waals surface area contributed by atoms with Crippen LogP contribution >= 0.6 is 0 Å². The minimum Gasteiger partial charge on any atom is -0.478 e. The van der Waals surface area contributed by atoms with E-state index >= 15 is 0 Å². The molecule has 0 saturated carbocycles. The van der Waals surface area contributed by atoms with Crippen LogP contribution in [0.2, 0.25) is 0 Å². The van der Waals surface area contributed by atoms with E-state index in [1.54, 1.807) is 20.8 Å². The van der Waals surface area contributed by atoms with E-state index in [1.165, 1.54) is 23.1 Å². The molecule has 0 aliphatic carbocycles. The van der Waals surface area contributed by atoms with Crippen molar-refractivity contribution in [2.24, 2.45) is 0 Å². The molecule has 18 heavy (non-hydrogen) atoms. The molecule has 0 aliphatic heterocycles. The van der Waals surface area contributed by atoms with Crippen molar-refractivity contribution in [3.8, 4) is 0 Å². The highest BCUT2D eigenvalue weighted by Crippen LogP contribution is 2.26. The average Bonchev–Trinajstić information content (AvgIpc) is 2.24. The first kappa shape index (κ1) is 14.4. The first-order valence-electron chi connectivity index (χ1n) is 5.75. The van der Waals surface area contributed by atoms with Crippen LogP contribution in [-0.4, -0.2) is 34.9 Å². The number of carboxylic acids is 1. The summed E-state index contributed by atoms with van der Waals surface area (Å²) < 4.78 is 13.8. The second-order valence-electron chi connectivity index (χ2n) is 4.77. The van der Waals surface area contributed by atoms with E-state index in [4.69, 9.17) is 5.11 Å². The van der Waals surface area contributed by atoms with Crippen LogP contribution in [0.15, 0.2) is 18.2 Å². The largest absolute Gasteiger partial charge is 0.478 e. The van der Waals surface area contributed by atoms with Crippen molar-refractivity contribution in [3.05, 3.63) is 29.6 Å². The number of carboxylic acid groups (broad SMARTS) is 1. The molecule has 0 radical (unpaired) electrons. The lowest BCUT2D eigenvalue weighted by Crippen LogP contribution is -2.39. The van der Waals surface area contributed by atoms with Crippen LogP contribution < -0.4 is 4.90 Å². The van der Waals surface area contributed by atoms with Gasteiger partial charge in [0, 0.05) is 13.1 Å². The van der Waals surface area contributed by atoms with E-state index < -0.39 is 17.4 Å². The number of halogens is 1. The van der Waals surface area contributed by atoms with Crippen LogP contribution in [0.4, 0.5) is 10.1 Å². The number of likely N-dealkylation sites (N-methyl/N-ethyl adjacent to an activating group) is 1. The molecule has 0 spiro atoms. The maximum absolute atomic E-state index is 13.8. The lowest BCUT2D eigenvalue weighted by Gasteiger charge is -2.31. The summed E-state index contributed by atoms with van der Waals surface area (Å²) >= 11 is 0. The normalized spacial score (nSPS) is 11.4. The van der Waals surface area contributed by atoms with Gasteiger partial charge >= 0.3 is 5.97 Å². The fourth-order valence-corrected chi connectivity index (χ4v) is 1.83. The molecule has 0 saturated heterocycles. The number of anilines is 1. The molecular weight excluding hydrogens is 237 g/mol. The Balaban J connectivity index is 3.24. The number of rotatable bonds is 5. The molecule has 1 aromatic rings. The average molecular weight is 255 g/mol. The molecule has 1 aromatic carbocycles. The summed E-state index contributed by atoms with van der Waals surface area (Å²) in [6, 6.07) is 3.93. The molecule has 5 heteroatoms. The summed E-state index contributed by atoms with van der Waals surface area (Å²) in [5.41, 5.74) is -1.11. The number of nitrogens with zero attached hydrogens (tertiary/aromatic N) is 1. The number of hydrogen-bond acceptors (Lipinski definition) is 3. The Morgan fingerprint density at radius 1 is 1.44 bits per heavy atom. The van der Waals surface area contributed by atoms with Crippen LogP contribution in [0.5, 0.6) is 0 Å². The fourth-order valence-electron chi connectivity index (χ4n) is 1.83. The van der Waals surface area contributed by atoms with E-state index in [-0.39, 0.29) is 17.8 Å². The number of aromatic carboxylic acids is 1. The zero-order valence-electron chi connectivity index (χ0n) is 10.8. The zero-order chi connectivity index (χ0) is 13.9. The molecule has 4 nitrogen and oxygen atoms in total. The van der Waals surface area contributed by atoms with Gasteiger partial charge in [-0.2, -0.15) is 0 Å². The Labute approximate surface area is 106 Å². The fraction of sp³-hybridized carbons (Fsp3) is 0.462. The first-order valence-corrected chi connectivity index (χ1v) is 5.75. The molecule has 0 unspecified atom stereocenters. The van der Waals surface area contributed by atoms with Crippen molar-refractivity contribution in [1.82, 2.24) is 0 Å². The van der Waals surface area contributed by atoms with Gasteiger partial charge in [-0.3, -0.25) is 0 Å². The van der Waals surface area contributed by atoms with Gasteiger partial charge < -0.3 is 15.1 Å². The monoisotopic (exact) mass is 255 g/mol. The summed E-state index contributed by atoms with van der Waals surface area (Å²) in [5.74, 6) is -1.78. The van der Waals surface area contributed by atoms with Gasteiger partial charge in [0.15, 0.2) is 0 Å². The van der Waals surface area contributed by atoms with Crippen LogP contribution in [0.25, 0.3) is 0 Å². The second-order valence-corrected chi connectivity index (χ2v) is 4.77. The summed E-state index contributed by atoms with van der Waals surface area (Å²) in [5, 5.41) is 18.9. The Bertz CT molecular complexity index is 440. The Morgan fingerprint density at radius 3 is 2.50 bits per heavy atom. The van der Waals surface area contributed by atoms with Gasteiger partial charge in [-0.25, -0.2) is 9.18 Å². The zero-order valence-corrected chi connectivity index (χ0v) is 10.8. The quantitative estimate of drug-likeness (QED) is 0.846. The van der Waals surface area contributed by atoms with Gasteiger partial charge in [0.1, 0.15) is 5.82 Å². The topological polar surface area (TPSA) is 60.8 Å². The van der Waals surface area contributed by atoms with Gasteiger partial charge in [-0.15, -0.1) is 0 Å². The lowest BCUT2D eigenvalue weighted by atomic mass is 10.1. The molecule has 100 valence electrons. The van der Waals surface area contributed by atoms with Crippen LogP contribution in [0.1, 0.15) is 31.1 Å². The Morgan fingerprint density at radius 2 is 2.06 bits per heavy atom. The van der Waals surface area contributed by atoms with E-state index in [1.807, 2.05) is 0 Å². The first-order chi connectivity index (χ1) is 8.26. The third-order valence-corrected chi connectivity index (χ3v) is 2.49. The minimum absolute atomic E-state index is 0.0228. The van der Waals surface area contributed by atoms with E-state index in [0.29, 0.717) is 6.54 Å². The van der Waals surface area contributed by atoms with Crippen LogP contribution in [-0.2, 0) is 0 Å². The summed E-state index contributed by atoms with van der Waals surface area (Å²) in [6.45, 7) is 5.54. The molecule has 0 amide bonds. The Kier molecular flexibility index (Phi) is 4.29. The lowest BCUT2D eigenvalue weighted by molar-refractivity contribution is 0.0693. The standard InChI is InChI=1S/C13H18FNO3/c1-4-15(8-13(2,3)18)11-9(12(16)17)6-5-7-10(11)14/h5-7,18H,4,8H2,1-3H3,(H,16,17). The Hall–Kier alpha value is -1.62. The summed E-state index contributed by atoms with van der Waals surface area (Å²) in [7, 11) is 0. The van der Waals surface area contributed by atoms with Crippen molar-refractivity contribution in [2.45, 2.75) is 26.4 Å². The highest BCUT2D eigenvalue weighted by Gasteiger charge is 2.24. The number of aliphatic hydroxyl groups is 1. The molecule has 0 aromatic heterocycles. The molecular formula is C13H18FNO3. The molecule has 0 aliphatic rings. The number of hydrogen-bond donors (Lipinski definition) is 2. The van der Waals surface area contributed by atoms with E-state index in [9.17, 15) is 14.3 Å². The van der Waals surface area contributed by atoms with Gasteiger partial charge in [0.2, 0.25) is 0 Å². The molecule has 0 heterocycles. The van der Waals surface area contributed by atoms with Crippen molar-refractivity contribution < 1.29 is 19.4 Å². The predicted octanol–water partition coefficient (Wildman–Crippen LogP) is 2.12. The van der Waals surface area contributed by atoms with Gasteiger partial charge in [-0.05, 0) is 32.9 Å². The van der Waals surface area contributed by atoms with Gasteiger partial charge in [-0.1, -0.05) is 6.07 Å². The number of benzene rings is 1. The smallest absolute Gasteiger partial charge is 0.337 e. The third-order valence-electron chi connectivity index (χ3n) is 2.49. The molecule has 1 rings (SSSR count). The van der Waals surface area contributed by atoms with Crippen molar-refractivity contribution >= 4 is 11.7 Å². The minimum atomic E-state index is -1.18. The summed E-state index contributed by atoms with van der Waals surface area (Å²) in [4.78, 5) is 12.6. The SMILES string of the molecule is CCN(CC(C)(C)O)c1c(F)cccc1C(=O)O. The van der Waals surface area contributed by atoms with E-state index in [0.717, 1.165) is 0 Å². The van der Waals surface area contributed by atoms with Gasteiger partial charge in [0.05, 0.1) is 16.9 Å². The highest BCUT2D eigenvalue weighted by atomic mass is 19.1. The molecule has 0 bridgehead atoms. The van der Waals surface area contributed by atoms with Crippen molar-refractivity contribution in [2.75, 3.05) is 18.0 Å². The third kappa shape index (κ3) is 3.43. The number of carbonyl (C=O) groups is 1. The highest BCUT2D eigenvalue weighted by molar-refractivity contribution is 5.94.